The molecule has 108 valence electrons. The molecule has 21 heavy (non-hydrogen) atoms. The maximum Gasteiger partial charge on any atom is 0.243 e. The van der Waals surface area contributed by atoms with Crippen molar-refractivity contribution in [1.29, 1.82) is 0 Å². The van der Waals surface area contributed by atoms with Crippen molar-refractivity contribution < 1.29 is 4.79 Å². The average molecular weight is 282 g/mol. The Morgan fingerprint density at radius 2 is 2.05 bits per heavy atom. The molecule has 1 saturated heterocycles. The predicted molar refractivity (Wildman–Crippen MR) is 81.1 cm³/mol. The minimum atomic E-state index is 0.201. The lowest BCUT2D eigenvalue weighted by molar-refractivity contribution is -0.130. The molecule has 1 aliphatic carbocycles. The van der Waals surface area contributed by atoms with Gasteiger partial charge >= 0.3 is 0 Å². The van der Waals surface area contributed by atoms with E-state index in [1.165, 1.54) is 35.9 Å². The Hall–Kier alpha value is -2.04. The van der Waals surface area contributed by atoms with Crippen molar-refractivity contribution in [2.24, 2.45) is 16.8 Å². The molecule has 2 fully saturated rings. The Morgan fingerprint density at radius 3 is 2.95 bits per heavy atom. The second-order valence-corrected chi connectivity index (χ2v) is 6.49. The van der Waals surface area contributed by atoms with Crippen LogP contribution < -0.4 is 10.5 Å². The van der Waals surface area contributed by atoms with Gasteiger partial charge in [-0.2, -0.15) is 0 Å². The van der Waals surface area contributed by atoms with Crippen molar-refractivity contribution in [3.63, 3.8) is 0 Å². The lowest BCUT2D eigenvalue weighted by Crippen LogP contribution is -2.60. The fraction of sp³-hybridized carbons (Fsp3) is 0.500. The Labute approximate surface area is 122 Å². The van der Waals surface area contributed by atoms with Gasteiger partial charge in [0.25, 0.3) is 0 Å². The van der Waals surface area contributed by atoms with Crippen LogP contribution in [0.5, 0.6) is 0 Å². The summed E-state index contributed by atoms with van der Waals surface area (Å²) in [7, 11) is 0. The highest BCUT2D eigenvalue weighted by Crippen LogP contribution is 2.36. The zero-order valence-corrected chi connectivity index (χ0v) is 11.9. The van der Waals surface area contributed by atoms with Crippen molar-refractivity contribution >= 4 is 23.2 Å². The number of amides is 1. The van der Waals surface area contributed by atoms with Crippen LogP contribution in [0.15, 0.2) is 17.1 Å². The molecular formula is C16H18N4O. The summed E-state index contributed by atoms with van der Waals surface area (Å²) in [5.41, 5.74) is 7.99. The number of carbonyl (C=O) groups excluding carboxylic acids is 1. The van der Waals surface area contributed by atoms with Gasteiger partial charge in [-0.1, -0.05) is 12.8 Å². The van der Waals surface area contributed by atoms with Crippen LogP contribution in [0.3, 0.4) is 0 Å². The predicted octanol–water partition coefficient (Wildman–Crippen LogP) is 1.80. The highest BCUT2D eigenvalue weighted by molar-refractivity contribution is 6.00. The SMILES string of the molecule is O=C1NN(n2c3ccc2c2c3C=NC2)CC2CCCCC12. The molecule has 3 aliphatic rings. The van der Waals surface area contributed by atoms with Gasteiger partial charge in [0.05, 0.1) is 24.1 Å². The second kappa shape index (κ2) is 4.00. The number of rotatable bonds is 1. The smallest absolute Gasteiger partial charge is 0.243 e. The Kier molecular flexibility index (Phi) is 2.21. The monoisotopic (exact) mass is 282 g/mol. The van der Waals surface area contributed by atoms with E-state index in [1.807, 2.05) is 11.3 Å². The van der Waals surface area contributed by atoms with Gasteiger partial charge in [0.2, 0.25) is 5.91 Å². The Balaban J connectivity index is 1.55. The zero-order valence-electron chi connectivity index (χ0n) is 11.9. The number of carbonyl (C=O) groups is 1. The lowest BCUT2D eigenvalue weighted by Gasteiger charge is -2.41. The fourth-order valence-corrected chi connectivity index (χ4v) is 4.33. The van der Waals surface area contributed by atoms with E-state index in [-0.39, 0.29) is 11.8 Å². The van der Waals surface area contributed by atoms with Crippen molar-refractivity contribution in [3.05, 3.63) is 23.3 Å². The van der Waals surface area contributed by atoms with Crippen molar-refractivity contribution in [2.75, 3.05) is 11.7 Å². The maximum absolute atomic E-state index is 12.4. The number of nitrogens with one attached hydrogen (secondary N) is 1. The third kappa shape index (κ3) is 1.46. The van der Waals surface area contributed by atoms with Crippen LogP contribution in [-0.4, -0.2) is 23.3 Å². The zero-order chi connectivity index (χ0) is 14.0. The highest BCUT2D eigenvalue weighted by Gasteiger charge is 2.38. The Bertz CT molecular complexity index is 747. The third-order valence-corrected chi connectivity index (χ3v) is 5.37. The number of aliphatic imine (C=N–C) groups is 1. The number of benzene rings is 1. The van der Waals surface area contributed by atoms with Crippen LogP contribution >= 0.6 is 0 Å². The quantitative estimate of drug-likeness (QED) is 0.867. The molecule has 5 nitrogen and oxygen atoms in total. The molecule has 2 aliphatic heterocycles. The lowest BCUT2D eigenvalue weighted by atomic mass is 9.78. The maximum atomic E-state index is 12.4. The third-order valence-electron chi connectivity index (χ3n) is 5.37. The van der Waals surface area contributed by atoms with Gasteiger partial charge in [0.15, 0.2) is 0 Å². The molecule has 1 N–H and O–H groups in total. The van der Waals surface area contributed by atoms with E-state index in [9.17, 15) is 4.79 Å². The van der Waals surface area contributed by atoms with Crippen LogP contribution in [-0.2, 0) is 11.3 Å². The Morgan fingerprint density at radius 1 is 1.19 bits per heavy atom. The van der Waals surface area contributed by atoms with Gasteiger partial charge < -0.3 is 0 Å². The van der Waals surface area contributed by atoms with Crippen LogP contribution in [0, 0.1) is 11.8 Å². The summed E-state index contributed by atoms with van der Waals surface area (Å²) in [4.78, 5) is 16.8. The van der Waals surface area contributed by atoms with Crippen LogP contribution in [0.25, 0.3) is 11.0 Å². The van der Waals surface area contributed by atoms with E-state index in [1.54, 1.807) is 0 Å². The van der Waals surface area contributed by atoms with Gasteiger partial charge in [-0.05, 0) is 30.9 Å². The molecule has 0 aromatic carbocycles. The van der Waals surface area contributed by atoms with Gasteiger partial charge in [-0.3, -0.25) is 15.2 Å². The molecule has 2 aromatic rings. The van der Waals surface area contributed by atoms with Crippen molar-refractivity contribution in [2.45, 2.75) is 32.2 Å². The average Bonchev–Trinajstić information content (AvgIpc) is 3.19. The molecule has 2 aromatic heterocycles. The summed E-state index contributed by atoms with van der Waals surface area (Å²) >= 11 is 0. The molecule has 2 bridgehead atoms. The van der Waals surface area contributed by atoms with E-state index in [0.29, 0.717) is 5.92 Å². The normalized spacial score (nSPS) is 28.0. The number of hydrazine groups is 1. The minimum absolute atomic E-state index is 0.201. The van der Waals surface area contributed by atoms with E-state index in [0.717, 1.165) is 25.0 Å². The van der Waals surface area contributed by atoms with E-state index >= 15 is 0 Å². The summed E-state index contributed by atoms with van der Waals surface area (Å²) in [6.07, 6.45) is 6.64. The first kappa shape index (κ1) is 11.6. The highest BCUT2D eigenvalue weighted by atomic mass is 16.2. The first-order valence-corrected chi connectivity index (χ1v) is 7.87. The van der Waals surface area contributed by atoms with Crippen LogP contribution in [0.4, 0.5) is 0 Å². The second-order valence-electron chi connectivity index (χ2n) is 6.49. The molecule has 4 heterocycles. The summed E-state index contributed by atoms with van der Waals surface area (Å²) in [5, 5.41) is 2.03. The summed E-state index contributed by atoms with van der Waals surface area (Å²) in [5.74, 6) is 0.920. The molecule has 1 amide bonds. The summed E-state index contributed by atoms with van der Waals surface area (Å²) in [6.45, 7) is 1.69. The largest absolute Gasteiger partial charge is 0.288 e. The molecule has 5 heteroatoms. The van der Waals surface area contributed by atoms with Crippen LogP contribution in [0.2, 0.25) is 0 Å². The minimum Gasteiger partial charge on any atom is -0.288 e. The first-order valence-electron chi connectivity index (χ1n) is 7.87. The number of aromatic nitrogens is 1. The topological polar surface area (TPSA) is 49.6 Å². The molecule has 0 radical (unpaired) electrons. The first-order chi connectivity index (χ1) is 10.3. The molecule has 2 unspecified atom stereocenters. The van der Waals surface area contributed by atoms with Crippen molar-refractivity contribution in [1.82, 2.24) is 10.1 Å². The standard InChI is InChI=1S/C16H18N4O/c21-16-11-4-2-1-3-10(11)9-19(18-16)20-14-5-6-15(20)13-8-17-7-12(13)14/h5-7,10-11H,1-4,8-9H2,(H,18,21). The number of hydrogen-bond donors (Lipinski definition) is 1. The molecule has 1 saturated carbocycles. The number of fused-ring (bicyclic) bond motifs is 6. The molecular weight excluding hydrogens is 264 g/mol. The van der Waals surface area contributed by atoms with Gasteiger partial charge in [0, 0.05) is 23.3 Å². The number of hydrogen-bond acceptors (Lipinski definition) is 3. The molecule has 5 rings (SSSR count). The summed E-state index contributed by atoms with van der Waals surface area (Å²) in [6, 6.07) is 4.27. The van der Waals surface area contributed by atoms with E-state index in [4.69, 9.17) is 0 Å². The fourth-order valence-electron chi connectivity index (χ4n) is 4.33. The van der Waals surface area contributed by atoms with Gasteiger partial charge in [-0.15, -0.1) is 0 Å². The van der Waals surface area contributed by atoms with E-state index in [2.05, 4.69) is 27.2 Å². The molecule has 2 atom stereocenters. The van der Waals surface area contributed by atoms with E-state index < -0.39 is 0 Å². The molecule has 0 spiro atoms. The van der Waals surface area contributed by atoms with Gasteiger partial charge in [-0.25, -0.2) is 9.79 Å². The number of nitrogens with zero attached hydrogens (tertiary/aromatic N) is 3. The van der Waals surface area contributed by atoms with Crippen LogP contribution in [0.1, 0.15) is 36.8 Å². The van der Waals surface area contributed by atoms with Crippen molar-refractivity contribution in [3.8, 4) is 0 Å². The summed E-state index contributed by atoms with van der Waals surface area (Å²) < 4.78 is 2.18. The van der Waals surface area contributed by atoms with Gasteiger partial charge in [0.1, 0.15) is 0 Å².